The molecule has 2 heterocycles. The second-order valence-electron chi connectivity index (χ2n) is 10.00. The Morgan fingerprint density at radius 1 is 0.938 bits per heavy atom. The molecule has 3 fully saturated rings. The van der Waals surface area contributed by atoms with Crippen molar-refractivity contribution in [2.75, 3.05) is 19.6 Å². The van der Waals surface area contributed by atoms with Gasteiger partial charge in [-0.25, -0.2) is 0 Å². The maximum atomic E-state index is 13.1. The summed E-state index contributed by atoms with van der Waals surface area (Å²) in [6.45, 7) is 4.81. The van der Waals surface area contributed by atoms with Crippen LogP contribution in [0.25, 0.3) is 0 Å². The highest BCUT2D eigenvalue weighted by atomic mass is 35.5. The van der Waals surface area contributed by atoms with Crippen molar-refractivity contribution in [3.8, 4) is 0 Å². The van der Waals surface area contributed by atoms with Crippen molar-refractivity contribution in [2.24, 2.45) is 5.41 Å². The van der Waals surface area contributed by atoms with Crippen molar-refractivity contribution in [3.63, 3.8) is 0 Å². The van der Waals surface area contributed by atoms with E-state index in [-0.39, 0.29) is 17.2 Å². The Balaban J connectivity index is 1.35. The number of benzene rings is 2. The smallest absolute Gasteiger partial charge is 0.227 e. The number of halogens is 2. The molecule has 2 aromatic carbocycles. The summed E-state index contributed by atoms with van der Waals surface area (Å²) in [5, 5.41) is 4.30. The monoisotopic (exact) mass is 470 g/mol. The number of rotatable bonds is 3. The van der Waals surface area contributed by atoms with Gasteiger partial charge in [0.05, 0.1) is 15.5 Å². The number of amides is 1. The molecule has 3 nitrogen and oxygen atoms in total. The fraction of sp³-hybridized carbons (Fsp3) is 0.519. The molecule has 5 rings (SSSR count). The van der Waals surface area contributed by atoms with E-state index in [0.717, 1.165) is 31.5 Å². The lowest BCUT2D eigenvalue weighted by molar-refractivity contribution is -0.131. The summed E-state index contributed by atoms with van der Waals surface area (Å²) >= 11 is 12.5. The second kappa shape index (κ2) is 9.00. The van der Waals surface area contributed by atoms with E-state index in [0.29, 0.717) is 28.5 Å². The fourth-order valence-electron chi connectivity index (χ4n) is 6.47. The largest absolute Gasteiger partial charge is 0.355 e. The number of likely N-dealkylation sites (tertiary alicyclic amines) is 1. The van der Waals surface area contributed by atoms with Crippen LogP contribution in [0, 0.1) is 12.3 Å². The summed E-state index contributed by atoms with van der Waals surface area (Å²) in [5.74, 6) is 0.972. The first kappa shape index (κ1) is 22.3. The Labute approximate surface area is 201 Å². The van der Waals surface area contributed by atoms with Crippen LogP contribution >= 0.6 is 23.2 Å². The summed E-state index contributed by atoms with van der Waals surface area (Å²) in [7, 11) is 0. The minimum atomic E-state index is -0.332. The van der Waals surface area contributed by atoms with Crippen molar-refractivity contribution in [1.29, 1.82) is 0 Å². The molecule has 0 radical (unpaired) electrons. The average molecular weight is 471 g/mol. The summed E-state index contributed by atoms with van der Waals surface area (Å²) < 4.78 is 0. The second-order valence-corrected chi connectivity index (χ2v) is 10.8. The van der Waals surface area contributed by atoms with Crippen LogP contribution in [0.2, 0.25) is 10.0 Å². The lowest BCUT2D eigenvalue weighted by Crippen LogP contribution is -2.51. The van der Waals surface area contributed by atoms with Gasteiger partial charge in [0.1, 0.15) is 0 Å². The lowest BCUT2D eigenvalue weighted by atomic mass is 9.67. The van der Waals surface area contributed by atoms with Crippen LogP contribution in [0.4, 0.5) is 0 Å². The molecule has 0 aromatic heterocycles. The van der Waals surface area contributed by atoms with Crippen LogP contribution in [0.1, 0.15) is 67.1 Å². The molecular weight excluding hydrogens is 439 g/mol. The Kier molecular flexibility index (Phi) is 6.26. The van der Waals surface area contributed by atoms with Gasteiger partial charge in [-0.1, -0.05) is 71.9 Å². The zero-order chi connectivity index (χ0) is 22.3. The lowest BCUT2D eigenvalue weighted by Gasteiger charge is -2.47. The number of aryl methyl sites for hydroxylation is 1. The zero-order valence-electron chi connectivity index (χ0n) is 18.7. The normalized spacial score (nSPS) is 28.1. The highest BCUT2D eigenvalue weighted by Gasteiger charge is 2.52. The fourth-order valence-corrected chi connectivity index (χ4v) is 6.78. The molecule has 2 saturated heterocycles. The van der Waals surface area contributed by atoms with Gasteiger partial charge in [0.2, 0.25) is 5.91 Å². The van der Waals surface area contributed by atoms with Crippen LogP contribution in [0.3, 0.4) is 0 Å². The van der Waals surface area contributed by atoms with Gasteiger partial charge in [-0.3, -0.25) is 9.69 Å². The molecule has 3 unspecified atom stereocenters. The van der Waals surface area contributed by atoms with Crippen LogP contribution in [0.15, 0.2) is 42.5 Å². The molecule has 3 atom stereocenters. The van der Waals surface area contributed by atoms with Crippen LogP contribution in [0.5, 0.6) is 0 Å². The van der Waals surface area contributed by atoms with Gasteiger partial charge in [-0.2, -0.15) is 0 Å². The summed E-state index contributed by atoms with van der Waals surface area (Å²) in [6.07, 6.45) is 6.95. The third-order valence-corrected chi connectivity index (χ3v) is 9.07. The number of hydrogen-bond acceptors (Lipinski definition) is 2. The van der Waals surface area contributed by atoms with Gasteiger partial charge in [0.15, 0.2) is 0 Å². The molecular formula is C27H32Cl2N2O. The molecule has 1 N–H and O–H groups in total. The number of hydrogen-bond donors (Lipinski definition) is 1. The van der Waals surface area contributed by atoms with E-state index in [2.05, 4.69) is 41.4 Å². The van der Waals surface area contributed by atoms with Gasteiger partial charge >= 0.3 is 0 Å². The van der Waals surface area contributed by atoms with E-state index in [1.165, 1.54) is 36.8 Å². The van der Waals surface area contributed by atoms with Crippen molar-refractivity contribution >= 4 is 29.1 Å². The van der Waals surface area contributed by atoms with Gasteiger partial charge in [-0.15, -0.1) is 0 Å². The van der Waals surface area contributed by atoms with E-state index < -0.39 is 0 Å². The third kappa shape index (κ3) is 3.97. The van der Waals surface area contributed by atoms with Crippen LogP contribution in [-0.2, 0) is 4.79 Å². The summed E-state index contributed by atoms with van der Waals surface area (Å²) in [4.78, 5) is 15.8. The van der Waals surface area contributed by atoms with Crippen molar-refractivity contribution in [3.05, 3.63) is 69.2 Å². The number of nitrogens with one attached hydrogen (secondary N) is 1. The van der Waals surface area contributed by atoms with Gasteiger partial charge < -0.3 is 5.32 Å². The summed E-state index contributed by atoms with van der Waals surface area (Å²) in [5.41, 5.74) is 3.60. The zero-order valence-corrected chi connectivity index (χ0v) is 20.3. The van der Waals surface area contributed by atoms with Gasteiger partial charge in [0.25, 0.3) is 0 Å². The molecule has 5 heteroatoms. The van der Waals surface area contributed by atoms with Crippen LogP contribution in [-0.4, -0.2) is 36.5 Å². The molecule has 1 amide bonds. The number of nitrogens with zero attached hydrogens (tertiary/aromatic N) is 1. The maximum absolute atomic E-state index is 13.1. The number of carbonyl (C=O) groups is 1. The van der Waals surface area contributed by atoms with Crippen LogP contribution < -0.4 is 5.32 Å². The number of carbonyl (C=O) groups excluding carboxylic acids is 1. The molecule has 32 heavy (non-hydrogen) atoms. The van der Waals surface area contributed by atoms with E-state index >= 15 is 0 Å². The first-order valence-corrected chi connectivity index (χ1v) is 12.8. The SMILES string of the molecule is Cc1ccc(C2CCCCC2N2CCC3(CC2)C(=O)NCC3c2ccc(Cl)c(Cl)c2)cc1. The molecule has 2 aliphatic heterocycles. The molecule has 3 aliphatic rings. The first-order chi connectivity index (χ1) is 15.5. The molecule has 1 saturated carbocycles. The minimum Gasteiger partial charge on any atom is -0.355 e. The Bertz CT molecular complexity index is 982. The summed E-state index contributed by atoms with van der Waals surface area (Å²) in [6, 6.07) is 15.6. The molecule has 2 aromatic rings. The Morgan fingerprint density at radius 3 is 2.34 bits per heavy atom. The van der Waals surface area contributed by atoms with Gasteiger partial charge in [-0.05, 0) is 74.9 Å². The van der Waals surface area contributed by atoms with E-state index in [9.17, 15) is 4.79 Å². The van der Waals surface area contributed by atoms with E-state index in [1.807, 2.05) is 18.2 Å². The molecule has 1 spiro atoms. The molecule has 0 bridgehead atoms. The van der Waals surface area contributed by atoms with Crippen molar-refractivity contribution in [2.45, 2.75) is 63.3 Å². The molecule has 170 valence electrons. The third-order valence-electron chi connectivity index (χ3n) is 8.33. The highest BCUT2D eigenvalue weighted by Crippen LogP contribution is 2.49. The van der Waals surface area contributed by atoms with E-state index in [4.69, 9.17) is 23.2 Å². The Hall–Kier alpha value is -1.55. The predicted molar refractivity (Wildman–Crippen MR) is 132 cm³/mol. The van der Waals surface area contributed by atoms with Crippen molar-refractivity contribution < 1.29 is 4.79 Å². The van der Waals surface area contributed by atoms with Gasteiger partial charge in [0, 0.05) is 18.5 Å². The molecule has 1 aliphatic carbocycles. The Morgan fingerprint density at radius 2 is 1.62 bits per heavy atom. The quantitative estimate of drug-likeness (QED) is 0.568. The first-order valence-electron chi connectivity index (χ1n) is 12.0. The van der Waals surface area contributed by atoms with Crippen molar-refractivity contribution in [1.82, 2.24) is 10.2 Å². The van der Waals surface area contributed by atoms with E-state index in [1.54, 1.807) is 0 Å². The highest BCUT2D eigenvalue weighted by molar-refractivity contribution is 6.42. The number of piperidine rings is 1. The minimum absolute atomic E-state index is 0.158. The predicted octanol–water partition coefficient (Wildman–Crippen LogP) is 6.32. The average Bonchev–Trinajstić information content (AvgIpc) is 3.12. The maximum Gasteiger partial charge on any atom is 0.227 e. The standard InChI is InChI=1S/C27H32Cl2N2O/c1-18-6-8-19(9-7-18)21-4-2-3-5-25(21)31-14-12-27(13-15-31)22(17-30-26(27)32)20-10-11-23(28)24(29)16-20/h6-11,16,21-22,25H,2-5,12-15,17H2,1H3,(H,30,32). The topological polar surface area (TPSA) is 32.3 Å².